The fraction of sp³-hybridized carbons (Fsp3) is 0.250. The zero-order valence-corrected chi connectivity index (χ0v) is 17.5. The van der Waals surface area contributed by atoms with E-state index >= 15 is 0 Å². The minimum atomic E-state index is -0.764. The van der Waals surface area contributed by atoms with Crippen LogP contribution >= 0.6 is 0 Å². The van der Waals surface area contributed by atoms with Crippen molar-refractivity contribution < 1.29 is 33.4 Å². The monoisotopic (exact) mass is 424 g/mol. The van der Waals surface area contributed by atoms with E-state index in [0.717, 1.165) is 0 Å². The van der Waals surface area contributed by atoms with Gasteiger partial charge in [-0.05, 0) is 26.0 Å². The summed E-state index contributed by atoms with van der Waals surface area (Å²) in [7, 11) is 0. The second-order valence-corrected chi connectivity index (χ2v) is 6.64. The van der Waals surface area contributed by atoms with Crippen molar-refractivity contribution in [2.75, 3.05) is 19.8 Å². The van der Waals surface area contributed by atoms with Crippen LogP contribution in [0.5, 0.6) is 0 Å². The zero-order chi connectivity index (χ0) is 22.8. The Morgan fingerprint density at radius 1 is 0.774 bits per heavy atom. The van der Waals surface area contributed by atoms with Gasteiger partial charge in [-0.1, -0.05) is 42.5 Å². The zero-order valence-electron chi connectivity index (χ0n) is 17.5. The van der Waals surface area contributed by atoms with Crippen LogP contribution < -0.4 is 0 Å². The molecular weight excluding hydrogens is 400 g/mol. The molecule has 31 heavy (non-hydrogen) atoms. The number of rotatable bonds is 11. The molecule has 0 amide bonds. The Morgan fingerprint density at radius 3 is 1.52 bits per heavy atom. The van der Waals surface area contributed by atoms with Crippen LogP contribution in [0, 0.1) is 0 Å². The van der Waals surface area contributed by atoms with Crippen LogP contribution in [0.4, 0.5) is 0 Å². The van der Waals surface area contributed by atoms with E-state index in [4.69, 9.17) is 14.2 Å². The number of ketones is 2. The fourth-order valence-corrected chi connectivity index (χ4v) is 2.78. The predicted molar refractivity (Wildman–Crippen MR) is 113 cm³/mol. The number of esters is 2. The van der Waals surface area contributed by atoms with E-state index in [-0.39, 0.29) is 53.6 Å². The fourth-order valence-electron chi connectivity index (χ4n) is 2.78. The van der Waals surface area contributed by atoms with Crippen LogP contribution in [0.3, 0.4) is 0 Å². The molecule has 0 heterocycles. The normalized spacial score (nSPS) is 10.4. The van der Waals surface area contributed by atoms with Crippen molar-refractivity contribution in [3.8, 4) is 0 Å². The van der Waals surface area contributed by atoms with E-state index < -0.39 is 18.0 Å². The third-order valence-corrected chi connectivity index (χ3v) is 4.30. The van der Waals surface area contributed by atoms with Crippen LogP contribution in [-0.2, 0) is 14.2 Å². The molecule has 2 rings (SSSR count). The topological polar surface area (TPSA) is 96.0 Å². The van der Waals surface area contributed by atoms with Crippen molar-refractivity contribution in [2.24, 2.45) is 0 Å². The Bertz CT molecular complexity index is 904. The molecule has 0 fully saturated rings. The lowest BCUT2D eigenvalue weighted by Gasteiger charge is -2.18. The maximum atomic E-state index is 12.4. The highest BCUT2D eigenvalue weighted by molar-refractivity contribution is 6.06. The van der Waals surface area contributed by atoms with E-state index in [2.05, 4.69) is 6.58 Å². The van der Waals surface area contributed by atoms with Gasteiger partial charge in [0.05, 0.1) is 17.7 Å². The van der Waals surface area contributed by atoms with Crippen LogP contribution in [0.15, 0.2) is 61.2 Å². The molecule has 162 valence electrons. The first-order valence-corrected chi connectivity index (χ1v) is 9.61. The molecule has 2 aromatic carbocycles. The average Bonchev–Trinajstić information content (AvgIpc) is 2.77. The third-order valence-electron chi connectivity index (χ3n) is 4.30. The largest absolute Gasteiger partial charge is 0.459 e. The molecule has 0 aromatic heterocycles. The summed E-state index contributed by atoms with van der Waals surface area (Å²) < 4.78 is 16.1. The highest BCUT2D eigenvalue weighted by Crippen LogP contribution is 2.13. The molecule has 0 saturated heterocycles. The van der Waals surface area contributed by atoms with Crippen LogP contribution in [0.25, 0.3) is 0 Å². The number of hydrogen-bond acceptors (Lipinski definition) is 7. The molecule has 7 heteroatoms. The highest BCUT2D eigenvalue weighted by Gasteiger charge is 2.21. The molecule has 0 aliphatic heterocycles. The average molecular weight is 424 g/mol. The van der Waals surface area contributed by atoms with Gasteiger partial charge in [0.1, 0.15) is 19.3 Å². The quantitative estimate of drug-likeness (QED) is 0.308. The van der Waals surface area contributed by atoms with E-state index in [1.807, 2.05) is 0 Å². The Hall–Kier alpha value is -3.58. The van der Waals surface area contributed by atoms with Crippen molar-refractivity contribution in [1.29, 1.82) is 0 Å². The molecule has 0 aliphatic carbocycles. The van der Waals surface area contributed by atoms with E-state index in [0.29, 0.717) is 0 Å². The molecule has 0 N–H and O–H groups in total. The second kappa shape index (κ2) is 11.6. The Balaban J connectivity index is 2.03. The molecule has 0 saturated carbocycles. The first kappa shape index (κ1) is 23.7. The minimum absolute atomic E-state index is 0.143. The summed E-state index contributed by atoms with van der Waals surface area (Å²) in [6.07, 6.45) is 0.743. The molecule has 0 unspecified atom stereocenters. The number of carbonyl (C=O) groups is 4. The number of benzene rings is 2. The first-order chi connectivity index (χ1) is 14.8. The minimum Gasteiger partial charge on any atom is -0.459 e. The van der Waals surface area contributed by atoms with E-state index in [9.17, 15) is 19.2 Å². The summed E-state index contributed by atoms with van der Waals surface area (Å²) >= 11 is 0. The molecular formula is C24H24O7. The van der Waals surface area contributed by atoms with Crippen molar-refractivity contribution in [3.63, 3.8) is 0 Å². The predicted octanol–water partition coefficient (Wildman–Crippen LogP) is 3.68. The standard InChI is InChI=1S/C24H24O7/c1-4-13-29-18(14-30-23(27)21-11-7-5-9-19(21)16(2)25)15-31-24(28)22-12-8-6-10-20(22)17(3)26/h4-12,18H,1,13-15H2,2-3H3. The van der Waals surface area contributed by atoms with E-state index in [1.165, 1.54) is 32.1 Å². The van der Waals surface area contributed by atoms with Gasteiger partial charge in [-0.3, -0.25) is 9.59 Å². The Kier molecular flexibility index (Phi) is 8.84. The summed E-state index contributed by atoms with van der Waals surface area (Å²) in [6.45, 7) is 6.02. The van der Waals surface area contributed by atoms with Crippen LogP contribution in [0.2, 0.25) is 0 Å². The van der Waals surface area contributed by atoms with Gasteiger partial charge < -0.3 is 14.2 Å². The molecule has 2 aromatic rings. The van der Waals surface area contributed by atoms with Crippen molar-refractivity contribution in [2.45, 2.75) is 20.0 Å². The highest BCUT2D eigenvalue weighted by atomic mass is 16.6. The number of carbonyl (C=O) groups excluding carboxylic acids is 4. The maximum Gasteiger partial charge on any atom is 0.338 e. The van der Waals surface area contributed by atoms with Gasteiger partial charge in [0.2, 0.25) is 0 Å². The van der Waals surface area contributed by atoms with Gasteiger partial charge >= 0.3 is 11.9 Å². The van der Waals surface area contributed by atoms with Crippen LogP contribution in [0.1, 0.15) is 55.3 Å². The molecule has 0 radical (unpaired) electrons. The van der Waals surface area contributed by atoms with Crippen LogP contribution in [-0.4, -0.2) is 49.4 Å². The summed E-state index contributed by atoms with van der Waals surface area (Å²) in [5.41, 5.74) is 0.793. The number of Topliss-reactive ketones (excluding diaryl/α,β-unsaturated/α-hetero) is 2. The summed E-state index contributed by atoms with van der Waals surface area (Å²) in [5.74, 6) is -1.90. The first-order valence-electron chi connectivity index (χ1n) is 9.61. The molecule has 7 nitrogen and oxygen atoms in total. The SMILES string of the molecule is C=CCOC(COC(=O)c1ccccc1C(C)=O)COC(=O)c1ccccc1C(C)=O. The van der Waals surface area contributed by atoms with Gasteiger partial charge in [0.15, 0.2) is 11.6 Å². The van der Waals surface area contributed by atoms with Gasteiger partial charge in [0, 0.05) is 11.1 Å². The lowest BCUT2D eigenvalue weighted by molar-refractivity contribution is -0.0320. The molecule has 0 bridgehead atoms. The summed E-state index contributed by atoms with van der Waals surface area (Å²) in [4.78, 5) is 48.3. The van der Waals surface area contributed by atoms with Crippen molar-refractivity contribution in [3.05, 3.63) is 83.4 Å². The van der Waals surface area contributed by atoms with Gasteiger partial charge in [-0.2, -0.15) is 0 Å². The summed E-state index contributed by atoms with van der Waals surface area (Å²) in [5, 5.41) is 0. The van der Waals surface area contributed by atoms with Gasteiger partial charge in [-0.25, -0.2) is 9.59 Å². The molecule has 0 aliphatic rings. The Labute approximate surface area is 180 Å². The smallest absolute Gasteiger partial charge is 0.338 e. The third kappa shape index (κ3) is 6.72. The second-order valence-electron chi connectivity index (χ2n) is 6.64. The van der Waals surface area contributed by atoms with E-state index in [1.54, 1.807) is 36.4 Å². The number of hydrogen-bond donors (Lipinski definition) is 0. The van der Waals surface area contributed by atoms with Crippen molar-refractivity contribution >= 4 is 23.5 Å². The molecule has 0 spiro atoms. The lowest BCUT2D eigenvalue weighted by Crippen LogP contribution is -2.29. The Morgan fingerprint density at radius 2 is 1.16 bits per heavy atom. The van der Waals surface area contributed by atoms with Crippen molar-refractivity contribution in [1.82, 2.24) is 0 Å². The molecule has 0 atom stereocenters. The number of ether oxygens (including phenoxy) is 3. The van der Waals surface area contributed by atoms with Gasteiger partial charge in [0.25, 0.3) is 0 Å². The summed E-state index contributed by atoms with van der Waals surface area (Å²) in [6, 6.07) is 12.6. The van der Waals surface area contributed by atoms with Gasteiger partial charge in [-0.15, -0.1) is 6.58 Å². The maximum absolute atomic E-state index is 12.4. The lowest BCUT2D eigenvalue weighted by atomic mass is 10.0.